The highest BCUT2D eigenvalue weighted by atomic mass is 32.2. The Hall–Kier alpha value is -2.54. The Balaban J connectivity index is 1.98. The summed E-state index contributed by atoms with van der Waals surface area (Å²) in [5, 5.41) is 0. The lowest BCUT2D eigenvalue weighted by Crippen LogP contribution is -2.36. The molecular formula is C22H28N2O4S. The van der Waals surface area contributed by atoms with E-state index < -0.39 is 10.0 Å². The van der Waals surface area contributed by atoms with E-state index in [1.807, 2.05) is 34.6 Å². The second-order valence-electron chi connectivity index (χ2n) is 8.18. The summed E-state index contributed by atoms with van der Waals surface area (Å²) >= 11 is 0. The number of hydrogen-bond donors (Lipinski definition) is 1. The van der Waals surface area contributed by atoms with E-state index in [0.29, 0.717) is 24.6 Å². The highest BCUT2D eigenvalue weighted by molar-refractivity contribution is 7.92. The average Bonchev–Trinajstić information content (AvgIpc) is 2.93. The summed E-state index contributed by atoms with van der Waals surface area (Å²) < 4.78 is 34.2. The number of nitrogens with zero attached hydrogens (tertiary/aromatic N) is 1. The molecule has 6 nitrogen and oxygen atoms in total. The molecule has 0 saturated heterocycles. The second-order valence-corrected chi connectivity index (χ2v) is 9.86. The summed E-state index contributed by atoms with van der Waals surface area (Å²) in [5.74, 6) is 0.391. The summed E-state index contributed by atoms with van der Waals surface area (Å²) in [4.78, 5) is 14.5. The molecule has 3 rings (SSSR count). The summed E-state index contributed by atoms with van der Waals surface area (Å²) in [6.45, 7) is 10.6. The molecule has 0 radical (unpaired) electrons. The minimum Gasteiger partial charge on any atom is -0.492 e. The standard InChI is InChI=1S/C22H28N2O4S/c1-6-28-20-10-8-7-9-18(20)23-29(26,27)16-11-12-19-17(13-16)22(4,5)14-24(19)21(25)15(2)3/h7-13,15,23H,6,14H2,1-5H3. The molecule has 156 valence electrons. The quantitative estimate of drug-likeness (QED) is 0.767. The Morgan fingerprint density at radius 2 is 1.90 bits per heavy atom. The van der Waals surface area contributed by atoms with Crippen LogP contribution >= 0.6 is 0 Å². The van der Waals surface area contributed by atoms with Crippen molar-refractivity contribution < 1.29 is 17.9 Å². The van der Waals surface area contributed by atoms with Gasteiger partial charge in [0.2, 0.25) is 5.91 Å². The van der Waals surface area contributed by atoms with Crippen LogP contribution in [0.15, 0.2) is 47.4 Å². The lowest BCUT2D eigenvalue weighted by atomic mass is 9.87. The number of para-hydroxylation sites is 2. The minimum atomic E-state index is -3.81. The van der Waals surface area contributed by atoms with Crippen LogP contribution in [-0.2, 0) is 20.2 Å². The topological polar surface area (TPSA) is 75.7 Å². The number of amides is 1. The first-order chi connectivity index (χ1) is 13.6. The Labute approximate surface area is 172 Å². The largest absolute Gasteiger partial charge is 0.492 e. The molecular weight excluding hydrogens is 388 g/mol. The van der Waals surface area contributed by atoms with Gasteiger partial charge in [0.25, 0.3) is 10.0 Å². The lowest BCUT2D eigenvalue weighted by molar-refractivity contribution is -0.121. The molecule has 0 atom stereocenters. The highest BCUT2D eigenvalue weighted by Crippen LogP contribution is 2.42. The predicted octanol–water partition coefficient (Wildman–Crippen LogP) is 4.17. The number of sulfonamides is 1. The third-order valence-corrected chi connectivity index (χ3v) is 6.41. The van der Waals surface area contributed by atoms with Gasteiger partial charge in [-0.05, 0) is 42.8 Å². The molecule has 0 aliphatic carbocycles. The van der Waals surface area contributed by atoms with Crippen LogP contribution in [-0.4, -0.2) is 27.5 Å². The van der Waals surface area contributed by atoms with Crippen LogP contribution in [0.4, 0.5) is 11.4 Å². The van der Waals surface area contributed by atoms with Crippen LogP contribution in [0.2, 0.25) is 0 Å². The molecule has 0 fully saturated rings. The monoisotopic (exact) mass is 416 g/mol. The summed E-state index contributed by atoms with van der Waals surface area (Å²) in [6, 6.07) is 11.9. The smallest absolute Gasteiger partial charge is 0.262 e. The number of carbonyl (C=O) groups is 1. The van der Waals surface area contributed by atoms with E-state index in [4.69, 9.17) is 4.74 Å². The van der Waals surface area contributed by atoms with E-state index in [2.05, 4.69) is 4.72 Å². The fourth-order valence-electron chi connectivity index (χ4n) is 3.57. The fraction of sp³-hybridized carbons (Fsp3) is 0.409. The van der Waals surface area contributed by atoms with E-state index in [9.17, 15) is 13.2 Å². The van der Waals surface area contributed by atoms with Crippen molar-refractivity contribution in [3.05, 3.63) is 48.0 Å². The van der Waals surface area contributed by atoms with Crippen molar-refractivity contribution in [2.45, 2.75) is 44.9 Å². The van der Waals surface area contributed by atoms with Crippen molar-refractivity contribution in [1.82, 2.24) is 0 Å². The van der Waals surface area contributed by atoms with Crippen molar-refractivity contribution in [2.24, 2.45) is 5.92 Å². The zero-order chi connectivity index (χ0) is 21.4. The second kappa shape index (κ2) is 7.71. The number of benzene rings is 2. The molecule has 0 unspecified atom stereocenters. The Bertz CT molecular complexity index is 1030. The normalized spacial score (nSPS) is 15.3. The van der Waals surface area contributed by atoms with Gasteiger partial charge < -0.3 is 9.64 Å². The zero-order valence-electron chi connectivity index (χ0n) is 17.5. The van der Waals surface area contributed by atoms with Crippen molar-refractivity contribution in [1.29, 1.82) is 0 Å². The Kier molecular flexibility index (Phi) is 5.63. The first-order valence-electron chi connectivity index (χ1n) is 9.77. The number of fused-ring (bicyclic) bond motifs is 1. The van der Waals surface area contributed by atoms with Gasteiger partial charge in [0.05, 0.1) is 17.2 Å². The maximum atomic E-state index is 13.0. The number of nitrogens with one attached hydrogen (secondary N) is 1. The molecule has 0 saturated carbocycles. The molecule has 0 spiro atoms. The molecule has 2 aromatic rings. The number of ether oxygens (including phenoxy) is 1. The van der Waals surface area contributed by atoms with Crippen LogP contribution < -0.4 is 14.4 Å². The maximum Gasteiger partial charge on any atom is 0.262 e. The highest BCUT2D eigenvalue weighted by Gasteiger charge is 2.39. The van der Waals surface area contributed by atoms with Crippen LogP contribution in [0.3, 0.4) is 0 Å². The molecule has 1 amide bonds. The Morgan fingerprint density at radius 1 is 1.21 bits per heavy atom. The van der Waals surface area contributed by atoms with Crippen molar-refractivity contribution >= 4 is 27.3 Å². The van der Waals surface area contributed by atoms with Gasteiger partial charge in [-0.25, -0.2) is 8.42 Å². The summed E-state index contributed by atoms with van der Waals surface area (Å²) in [5.41, 5.74) is 1.69. The van der Waals surface area contributed by atoms with Gasteiger partial charge >= 0.3 is 0 Å². The van der Waals surface area contributed by atoms with Gasteiger partial charge in [0, 0.05) is 23.6 Å². The molecule has 29 heavy (non-hydrogen) atoms. The van der Waals surface area contributed by atoms with E-state index in [-0.39, 0.29) is 22.1 Å². The molecule has 1 heterocycles. The fourth-order valence-corrected chi connectivity index (χ4v) is 4.67. The number of anilines is 2. The third-order valence-electron chi connectivity index (χ3n) is 5.04. The van der Waals surface area contributed by atoms with Gasteiger partial charge in [0.15, 0.2) is 0 Å². The Morgan fingerprint density at radius 3 is 2.55 bits per heavy atom. The van der Waals surface area contributed by atoms with Crippen LogP contribution in [0.5, 0.6) is 5.75 Å². The van der Waals surface area contributed by atoms with Gasteiger partial charge in [-0.1, -0.05) is 39.8 Å². The van der Waals surface area contributed by atoms with Crippen molar-refractivity contribution in [2.75, 3.05) is 22.8 Å². The molecule has 2 aromatic carbocycles. The average molecular weight is 417 g/mol. The number of hydrogen-bond acceptors (Lipinski definition) is 4. The maximum absolute atomic E-state index is 13.0. The van der Waals surface area contributed by atoms with Gasteiger partial charge in [0.1, 0.15) is 5.75 Å². The SMILES string of the molecule is CCOc1ccccc1NS(=O)(=O)c1ccc2c(c1)C(C)(C)CN2C(=O)C(C)C. The molecule has 1 N–H and O–H groups in total. The minimum absolute atomic E-state index is 0.0381. The van der Waals surface area contributed by atoms with E-state index in [1.165, 1.54) is 0 Å². The predicted molar refractivity (Wildman–Crippen MR) is 115 cm³/mol. The van der Waals surface area contributed by atoms with Gasteiger partial charge in [-0.15, -0.1) is 0 Å². The zero-order valence-corrected chi connectivity index (χ0v) is 18.3. The number of carbonyl (C=O) groups excluding carboxylic acids is 1. The number of rotatable bonds is 6. The molecule has 1 aliphatic heterocycles. The summed E-state index contributed by atoms with van der Waals surface area (Å²) in [7, 11) is -3.81. The van der Waals surface area contributed by atoms with Crippen molar-refractivity contribution in [3.63, 3.8) is 0 Å². The van der Waals surface area contributed by atoms with Crippen LogP contribution in [0, 0.1) is 5.92 Å². The van der Waals surface area contributed by atoms with Gasteiger partial charge in [-0.2, -0.15) is 0 Å². The van der Waals surface area contributed by atoms with Gasteiger partial charge in [-0.3, -0.25) is 9.52 Å². The van der Waals surface area contributed by atoms with E-state index >= 15 is 0 Å². The lowest BCUT2D eigenvalue weighted by Gasteiger charge is -2.22. The van der Waals surface area contributed by atoms with E-state index in [0.717, 1.165) is 11.3 Å². The molecule has 0 bridgehead atoms. The molecule has 7 heteroatoms. The molecule has 1 aliphatic rings. The summed E-state index contributed by atoms with van der Waals surface area (Å²) in [6.07, 6.45) is 0. The third kappa shape index (κ3) is 4.10. The molecule has 0 aromatic heterocycles. The van der Waals surface area contributed by atoms with E-state index in [1.54, 1.807) is 47.4 Å². The van der Waals surface area contributed by atoms with Crippen LogP contribution in [0.1, 0.15) is 40.2 Å². The first kappa shape index (κ1) is 21.2. The van der Waals surface area contributed by atoms with Crippen molar-refractivity contribution in [3.8, 4) is 5.75 Å². The first-order valence-corrected chi connectivity index (χ1v) is 11.3. The van der Waals surface area contributed by atoms with Crippen LogP contribution in [0.25, 0.3) is 0 Å².